The van der Waals surface area contributed by atoms with Gasteiger partial charge in [-0.2, -0.15) is 13.2 Å². The highest BCUT2D eigenvalue weighted by Gasteiger charge is 2.40. The molecule has 0 saturated heterocycles. The van der Waals surface area contributed by atoms with Crippen molar-refractivity contribution >= 4 is 7.49 Å². The second-order valence-corrected chi connectivity index (χ2v) is 7.28. The first-order chi connectivity index (χ1) is 6.39. The highest BCUT2D eigenvalue weighted by atomic mass is 31.2. The zero-order valence-electron chi connectivity index (χ0n) is 9.02. The molecule has 1 nitrogen and oxygen atoms in total. The number of rotatable bonds is 6. The van der Waals surface area contributed by atoms with Crippen molar-refractivity contribution in [2.75, 3.05) is 25.1 Å². The monoisotopic (exact) mass is 231 g/mol. The van der Waals surface area contributed by atoms with E-state index in [0.717, 1.165) is 12.3 Å². The fraction of sp³-hybridized carbons (Fsp3) is 1.00. The first-order valence-electron chi connectivity index (χ1n) is 4.96. The molecule has 0 spiro atoms. The van der Waals surface area contributed by atoms with Crippen LogP contribution in [0.4, 0.5) is 13.2 Å². The predicted octanol–water partition coefficient (Wildman–Crippen LogP) is 3.95. The first-order valence-corrected chi connectivity index (χ1v) is 7.22. The summed E-state index contributed by atoms with van der Waals surface area (Å²) in [6.45, 7) is 6.20. The molecule has 0 aromatic heterocycles. The van der Waals surface area contributed by atoms with E-state index >= 15 is 0 Å². The van der Waals surface area contributed by atoms with Crippen LogP contribution in [0.5, 0.6) is 0 Å². The average Bonchev–Trinajstić information content (AvgIpc) is 2.11. The smallest absolute Gasteiger partial charge is 0.239 e. The minimum Gasteiger partial charge on any atom is -0.239 e. The maximum Gasteiger partial charge on any atom is 0.392 e. The summed E-state index contributed by atoms with van der Waals surface area (Å²) >= 11 is 0. The van der Waals surface area contributed by atoms with Crippen LogP contribution >= 0.6 is 7.49 Å². The van der Waals surface area contributed by atoms with Gasteiger partial charge in [-0.05, 0) is 20.8 Å². The van der Waals surface area contributed by atoms with Crippen molar-refractivity contribution < 1.29 is 17.7 Å². The van der Waals surface area contributed by atoms with Crippen molar-refractivity contribution in [2.45, 2.75) is 33.4 Å². The predicted molar refractivity (Wildman–Crippen MR) is 55.2 cm³/mol. The van der Waals surface area contributed by atoms with Gasteiger partial charge in [-0.15, -0.1) is 0 Å². The van der Waals surface area contributed by atoms with Crippen molar-refractivity contribution in [1.29, 1.82) is 0 Å². The summed E-state index contributed by atoms with van der Waals surface area (Å²) < 4.78 is 41.7. The lowest BCUT2D eigenvalue weighted by Crippen LogP contribution is -2.16. The quantitative estimate of drug-likeness (QED) is 0.629. The van der Waals surface area contributed by atoms with Crippen molar-refractivity contribution in [3.8, 4) is 0 Å². The topological polar surface area (TPSA) is 9.23 Å². The van der Waals surface area contributed by atoms with Gasteiger partial charge in [-0.3, -0.25) is 0 Å². The molecule has 0 aliphatic rings. The van der Waals surface area contributed by atoms with E-state index in [1.807, 2.05) is 20.8 Å². The summed E-state index contributed by atoms with van der Waals surface area (Å²) in [7, 11) is -1.77. The van der Waals surface area contributed by atoms with E-state index < -0.39 is 20.1 Å². The Hall–Kier alpha value is 0.180. The summed E-state index contributed by atoms with van der Waals surface area (Å²) in [5, 5.41) is 0. The molecule has 0 bridgehead atoms. The molecule has 0 aliphatic carbocycles. The minimum atomic E-state index is -4.05. The lowest BCUT2D eigenvalue weighted by molar-refractivity contribution is -0.130. The molecule has 0 fully saturated rings. The van der Waals surface area contributed by atoms with Crippen LogP contribution in [0.3, 0.4) is 0 Å². The van der Waals surface area contributed by atoms with Crippen molar-refractivity contribution in [1.82, 2.24) is 0 Å². The minimum absolute atomic E-state index is 0.178. The van der Waals surface area contributed by atoms with E-state index in [0.29, 0.717) is 6.61 Å². The molecule has 0 radical (unpaired) electrons. The third-order valence-corrected chi connectivity index (χ3v) is 6.51. The molecule has 0 rings (SSSR count). The summed E-state index contributed by atoms with van der Waals surface area (Å²) in [5.74, 6) is 0. The second kappa shape index (κ2) is 5.92. The van der Waals surface area contributed by atoms with Gasteiger partial charge in [0.15, 0.2) is 0 Å². The SMILES string of the molecule is CCO[P+](CC)(CC)CCC(F)(F)F. The van der Waals surface area contributed by atoms with Crippen molar-refractivity contribution in [3.63, 3.8) is 0 Å². The molecule has 0 aliphatic heterocycles. The van der Waals surface area contributed by atoms with Crippen molar-refractivity contribution in [2.24, 2.45) is 0 Å². The Morgan fingerprint density at radius 1 is 1.07 bits per heavy atom. The van der Waals surface area contributed by atoms with Gasteiger partial charge in [0.05, 0.1) is 31.5 Å². The van der Waals surface area contributed by atoms with Gasteiger partial charge in [0.2, 0.25) is 0 Å². The Labute approximate surface area is 84.4 Å². The highest BCUT2D eigenvalue weighted by molar-refractivity contribution is 7.71. The van der Waals surface area contributed by atoms with Crippen LogP contribution in [-0.4, -0.2) is 31.3 Å². The molecular formula is C9H19F3OP+. The Morgan fingerprint density at radius 3 is 1.86 bits per heavy atom. The van der Waals surface area contributed by atoms with Crippen LogP contribution in [0.2, 0.25) is 0 Å². The Morgan fingerprint density at radius 2 is 1.57 bits per heavy atom. The Kier molecular flexibility index (Phi) is 5.99. The Balaban J connectivity index is 4.21. The van der Waals surface area contributed by atoms with Gasteiger partial charge in [-0.25, -0.2) is 4.52 Å². The largest absolute Gasteiger partial charge is 0.392 e. The van der Waals surface area contributed by atoms with Crippen LogP contribution in [0.1, 0.15) is 27.2 Å². The summed E-state index contributed by atoms with van der Waals surface area (Å²) in [6, 6.07) is 0. The first kappa shape index (κ1) is 14.2. The molecule has 14 heavy (non-hydrogen) atoms. The molecule has 0 aromatic carbocycles. The van der Waals surface area contributed by atoms with Gasteiger partial charge in [0.1, 0.15) is 7.49 Å². The third-order valence-electron chi connectivity index (χ3n) is 2.36. The molecule has 0 saturated carbocycles. The van der Waals surface area contributed by atoms with Gasteiger partial charge in [0.25, 0.3) is 0 Å². The standard InChI is InChI=1S/C9H19F3OP/c1-4-13-14(5-2,6-3)8-7-9(10,11)12/h4-8H2,1-3H3/q+1. The lowest BCUT2D eigenvalue weighted by Gasteiger charge is -2.23. The second-order valence-electron chi connectivity index (χ2n) is 3.20. The van der Waals surface area contributed by atoms with Crippen molar-refractivity contribution in [3.05, 3.63) is 0 Å². The third kappa shape index (κ3) is 5.16. The average molecular weight is 231 g/mol. The number of hydrogen-bond acceptors (Lipinski definition) is 1. The number of alkyl halides is 3. The van der Waals surface area contributed by atoms with Gasteiger partial charge in [0, 0.05) is 0 Å². The molecule has 86 valence electrons. The van der Waals surface area contributed by atoms with Gasteiger partial charge in [-0.1, -0.05) is 0 Å². The normalized spacial score (nSPS) is 13.3. The zero-order valence-corrected chi connectivity index (χ0v) is 9.92. The molecule has 0 aromatic rings. The van der Waals surface area contributed by atoms with E-state index in [1.54, 1.807) is 0 Å². The fourth-order valence-electron chi connectivity index (χ4n) is 1.39. The maximum atomic E-state index is 12.1. The number of halogens is 3. The van der Waals surface area contributed by atoms with E-state index in [1.165, 1.54) is 0 Å². The maximum absolute atomic E-state index is 12.1. The summed E-state index contributed by atoms with van der Waals surface area (Å²) in [4.78, 5) is 0. The van der Waals surface area contributed by atoms with Crippen LogP contribution < -0.4 is 0 Å². The summed E-state index contributed by atoms with van der Waals surface area (Å²) in [6.07, 6.45) is -3.09. The van der Waals surface area contributed by atoms with E-state index in [4.69, 9.17) is 4.52 Å². The van der Waals surface area contributed by atoms with Gasteiger partial charge < -0.3 is 0 Å². The van der Waals surface area contributed by atoms with Crippen LogP contribution in [0, 0.1) is 0 Å². The van der Waals surface area contributed by atoms with Crippen LogP contribution in [0.25, 0.3) is 0 Å². The summed E-state index contributed by atoms with van der Waals surface area (Å²) in [5.41, 5.74) is 0. The zero-order chi connectivity index (χ0) is 11.2. The molecule has 0 heterocycles. The number of hydrogen-bond donors (Lipinski definition) is 0. The molecule has 0 N–H and O–H groups in total. The molecular weight excluding hydrogens is 212 g/mol. The lowest BCUT2D eigenvalue weighted by atomic mass is 10.5. The molecule has 5 heteroatoms. The van der Waals surface area contributed by atoms with E-state index in [2.05, 4.69) is 0 Å². The van der Waals surface area contributed by atoms with E-state index in [-0.39, 0.29) is 6.16 Å². The van der Waals surface area contributed by atoms with E-state index in [9.17, 15) is 13.2 Å². The molecule has 0 atom stereocenters. The molecule has 0 amide bonds. The highest BCUT2D eigenvalue weighted by Crippen LogP contribution is 2.60. The van der Waals surface area contributed by atoms with Gasteiger partial charge >= 0.3 is 6.18 Å². The van der Waals surface area contributed by atoms with Crippen LogP contribution in [0.15, 0.2) is 0 Å². The fourth-order valence-corrected chi connectivity index (χ4v) is 4.17. The van der Waals surface area contributed by atoms with Crippen LogP contribution in [-0.2, 0) is 4.52 Å². The Bertz CT molecular complexity index is 155. The molecule has 0 unspecified atom stereocenters.